The second kappa shape index (κ2) is 10.7. The van der Waals surface area contributed by atoms with E-state index >= 15 is 0 Å². The maximum atomic E-state index is 13.2. The number of carbonyl (C=O) groups excluding carboxylic acids is 2. The lowest BCUT2D eigenvalue weighted by Gasteiger charge is -2.23. The van der Waals surface area contributed by atoms with Crippen LogP contribution in [0, 0.1) is 0 Å². The van der Waals surface area contributed by atoms with Gasteiger partial charge in [0.05, 0.1) is 19.1 Å². The number of amides is 1. The Hall–Kier alpha value is -3.13. The van der Waals surface area contributed by atoms with Crippen molar-refractivity contribution in [2.75, 3.05) is 24.2 Å². The Balaban J connectivity index is 2.08. The molecule has 2 aromatic carbocycles. The summed E-state index contributed by atoms with van der Waals surface area (Å²) < 4.78 is 31.1. The maximum Gasteiger partial charge on any atom is 0.328 e. The van der Waals surface area contributed by atoms with Gasteiger partial charge >= 0.3 is 5.97 Å². The molecule has 1 aliphatic rings. The van der Waals surface area contributed by atoms with Crippen LogP contribution in [0.15, 0.2) is 54.6 Å². The minimum atomic E-state index is -3.53. The van der Waals surface area contributed by atoms with Crippen molar-refractivity contribution in [1.29, 1.82) is 0 Å². The molecule has 0 saturated carbocycles. The number of esters is 1. The summed E-state index contributed by atoms with van der Waals surface area (Å²) in [6.07, 6.45) is 7.39. The predicted molar refractivity (Wildman–Crippen MR) is 129 cm³/mol. The largest absolute Gasteiger partial charge is 0.467 e. The third kappa shape index (κ3) is 6.44. The molecule has 1 heterocycles. The molecule has 7 nitrogen and oxygen atoms in total. The number of hydrogen-bond acceptors (Lipinski definition) is 5. The van der Waals surface area contributed by atoms with Crippen molar-refractivity contribution in [1.82, 2.24) is 5.32 Å². The molecule has 0 unspecified atom stereocenters. The molecule has 0 saturated heterocycles. The lowest BCUT2D eigenvalue weighted by atomic mass is 10.00. The summed E-state index contributed by atoms with van der Waals surface area (Å²) in [5.74, 6) is -1.00. The minimum absolute atomic E-state index is 0.286. The molecule has 2 aromatic rings. The van der Waals surface area contributed by atoms with Crippen molar-refractivity contribution in [2.45, 2.75) is 38.6 Å². The summed E-state index contributed by atoms with van der Waals surface area (Å²) >= 11 is 0. The molecule has 1 atom stereocenters. The second-order valence-electron chi connectivity index (χ2n) is 8.18. The summed E-state index contributed by atoms with van der Waals surface area (Å²) in [6, 6.07) is 12.1. The van der Waals surface area contributed by atoms with Gasteiger partial charge in [-0.2, -0.15) is 0 Å². The zero-order chi connectivity index (χ0) is 24.0. The molecule has 0 aromatic heterocycles. The van der Waals surface area contributed by atoms with Crippen LogP contribution in [0.1, 0.15) is 40.4 Å². The normalized spacial score (nSPS) is 17.4. The number of rotatable bonds is 5. The molecule has 0 spiro atoms. The molecule has 1 aliphatic heterocycles. The topological polar surface area (TPSA) is 92.8 Å². The van der Waals surface area contributed by atoms with E-state index in [4.69, 9.17) is 4.74 Å². The van der Waals surface area contributed by atoms with Crippen LogP contribution < -0.4 is 9.62 Å². The van der Waals surface area contributed by atoms with Crippen LogP contribution in [0.2, 0.25) is 0 Å². The zero-order valence-electron chi connectivity index (χ0n) is 19.2. The molecule has 8 heteroatoms. The number of sulfonamides is 1. The van der Waals surface area contributed by atoms with Crippen LogP contribution in [-0.2, 0) is 38.8 Å². The molecular formula is C25H30N2O5S. The predicted octanol–water partition coefficient (Wildman–Crippen LogP) is 3.03. The minimum Gasteiger partial charge on any atom is -0.467 e. The molecule has 1 N–H and O–H groups in total. The number of allylic oxidation sites excluding steroid dienone is 2. The Morgan fingerprint density at radius 2 is 1.79 bits per heavy atom. The smallest absolute Gasteiger partial charge is 0.328 e. The van der Waals surface area contributed by atoms with Crippen LogP contribution in [0.3, 0.4) is 0 Å². The third-order valence-corrected chi connectivity index (χ3v) is 6.64. The highest BCUT2D eigenvalue weighted by atomic mass is 32.2. The van der Waals surface area contributed by atoms with Crippen molar-refractivity contribution >= 4 is 27.6 Å². The molecule has 33 heavy (non-hydrogen) atoms. The zero-order valence-corrected chi connectivity index (χ0v) is 20.0. The van der Waals surface area contributed by atoms with Gasteiger partial charge in [0, 0.05) is 18.5 Å². The van der Waals surface area contributed by atoms with E-state index in [1.54, 1.807) is 18.2 Å². The number of carbonyl (C=O) groups is 2. The van der Waals surface area contributed by atoms with E-state index in [0.717, 1.165) is 29.4 Å². The van der Waals surface area contributed by atoms with E-state index in [9.17, 15) is 18.0 Å². The van der Waals surface area contributed by atoms with Gasteiger partial charge in [0.2, 0.25) is 10.0 Å². The average Bonchev–Trinajstić information content (AvgIpc) is 2.78. The molecule has 4 bridgehead atoms. The number of nitrogens with zero attached hydrogens (tertiary/aromatic N) is 1. The highest BCUT2D eigenvalue weighted by Crippen LogP contribution is 2.24. The van der Waals surface area contributed by atoms with Gasteiger partial charge in [-0.3, -0.25) is 9.10 Å². The molecule has 176 valence electrons. The first-order valence-electron chi connectivity index (χ1n) is 10.9. The molecule has 1 amide bonds. The van der Waals surface area contributed by atoms with Crippen molar-refractivity contribution in [3.63, 3.8) is 0 Å². The standard InChI is InChI=1S/C25H30N2O5S/c1-4-12-27(33(3,30)31)22-15-20-9-6-5-8-18-10-7-11-19(13-18)16-23(25(29)32-2)26-24(28)21(14-20)17-22/h5-7,10-11,13-15,17,23H,4,8-9,12,16H2,1-3H3,(H,26,28)/b6-5+/t23-/m0/s1. The molecule has 0 radical (unpaired) electrons. The number of nitrogens with one attached hydrogen (secondary N) is 1. The van der Waals surface area contributed by atoms with Crippen molar-refractivity contribution in [2.24, 2.45) is 0 Å². The van der Waals surface area contributed by atoms with Crippen molar-refractivity contribution in [3.05, 3.63) is 76.9 Å². The van der Waals surface area contributed by atoms with Gasteiger partial charge in [-0.05, 0) is 54.2 Å². The van der Waals surface area contributed by atoms with Gasteiger partial charge in [-0.15, -0.1) is 0 Å². The van der Waals surface area contributed by atoms with E-state index in [0.29, 0.717) is 30.6 Å². The third-order valence-electron chi connectivity index (χ3n) is 5.45. The fourth-order valence-electron chi connectivity index (χ4n) is 3.89. The first-order chi connectivity index (χ1) is 15.7. The fraction of sp³-hybridized carbons (Fsp3) is 0.360. The van der Waals surface area contributed by atoms with E-state index in [-0.39, 0.29) is 6.42 Å². The van der Waals surface area contributed by atoms with Crippen molar-refractivity contribution in [3.8, 4) is 0 Å². The lowest BCUT2D eigenvalue weighted by molar-refractivity contribution is -0.142. The first kappa shape index (κ1) is 24.5. The highest BCUT2D eigenvalue weighted by molar-refractivity contribution is 7.92. The SMILES string of the molecule is CCCN(c1cc2cc(c1)C(=O)N[C@H](C(=O)OC)Cc1cccc(c1)C/C=C/C2)S(C)(=O)=O. The quantitative estimate of drug-likeness (QED) is 0.536. The summed E-state index contributed by atoms with van der Waals surface area (Å²) in [5, 5.41) is 2.78. The maximum absolute atomic E-state index is 13.2. The van der Waals surface area contributed by atoms with Gasteiger partial charge in [0.25, 0.3) is 5.91 Å². The molecule has 3 rings (SSSR count). The average molecular weight is 471 g/mol. The van der Waals surface area contributed by atoms with Gasteiger partial charge in [0.1, 0.15) is 6.04 Å². The first-order valence-corrected chi connectivity index (χ1v) is 12.8. The Bertz CT molecular complexity index is 1160. The number of benzene rings is 2. The van der Waals surface area contributed by atoms with Crippen LogP contribution in [0.25, 0.3) is 0 Å². The monoisotopic (exact) mass is 470 g/mol. The highest BCUT2D eigenvalue weighted by Gasteiger charge is 2.24. The van der Waals surface area contributed by atoms with Crippen LogP contribution in [0.5, 0.6) is 0 Å². The summed E-state index contributed by atoms with van der Waals surface area (Å²) in [6.45, 7) is 2.20. The second-order valence-corrected chi connectivity index (χ2v) is 10.1. The molecule has 0 aliphatic carbocycles. The Kier molecular flexibility index (Phi) is 7.92. The van der Waals surface area contributed by atoms with Crippen LogP contribution >= 0.6 is 0 Å². The summed E-state index contributed by atoms with van der Waals surface area (Å²) in [4.78, 5) is 25.6. The van der Waals surface area contributed by atoms with Gasteiger partial charge in [-0.1, -0.05) is 43.3 Å². The number of anilines is 1. The van der Waals surface area contributed by atoms with Crippen LogP contribution in [-0.4, -0.2) is 46.2 Å². The van der Waals surface area contributed by atoms with Gasteiger partial charge in [0.15, 0.2) is 0 Å². The van der Waals surface area contributed by atoms with E-state index in [2.05, 4.69) is 11.4 Å². The number of fused-ring (bicyclic) bond motifs is 4. The summed E-state index contributed by atoms with van der Waals surface area (Å²) in [7, 11) is -2.24. The van der Waals surface area contributed by atoms with E-state index in [1.807, 2.05) is 37.3 Å². The number of methoxy groups -OCH3 is 1. The fourth-order valence-corrected chi connectivity index (χ4v) is 4.89. The van der Waals surface area contributed by atoms with E-state index < -0.39 is 27.9 Å². The Labute approximate surface area is 195 Å². The Morgan fingerprint density at radius 3 is 2.45 bits per heavy atom. The Morgan fingerprint density at radius 1 is 1.09 bits per heavy atom. The van der Waals surface area contributed by atoms with Crippen LogP contribution in [0.4, 0.5) is 5.69 Å². The van der Waals surface area contributed by atoms with Gasteiger partial charge in [-0.25, -0.2) is 13.2 Å². The number of ether oxygens (including phenoxy) is 1. The van der Waals surface area contributed by atoms with E-state index in [1.165, 1.54) is 11.4 Å². The van der Waals surface area contributed by atoms with Crippen molar-refractivity contribution < 1.29 is 22.7 Å². The number of hydrogen-bond donors (Lipinski definition) is 1. The van der Waals surface area contributed by atoms with Gasteiger partial charge < -0.3 is 10.1 Å². The summed E-state index contributed by atoms with van der Waals surface area (Å²) in [5.41, 5.74) is 3.53. The molecule has 0 fully saturated rings. The molecular weight excluding hydrogens is 440 g/mol. The lowest BCUT2D eigenvalue weighted by Crippen LogP contribution is -2.43.